The molecule has 0 aliphatic carbocycles. The fourth-order valence-electron chi connectivity index (χ4n) is 2.50. The fourth-order valence-corrected chi connectivity index (χ4v) is 2.50. The largest absolute Gasteiger partial charge is 0.350 e. The van der Waals surface area contributed by atoms with E-state index in [1.54, 1.807) is 18.2 Å². The highest BCUT2D eigenvalue weighted by Gasteiger charge is 2.09. The molecule has 2 N–H and O–H groups in total. The van der Waals surface area contributed by atoms with Crippen LogP contribution in [-0.2, 0) is 6.54 Å². The van der Waals surface area contributed by atoms with Gasteiger partial charge in [0.25, 0.3) is 5.91 Å². The third-order valence-electron chi connectivity index (χ3n) is 3.94. The summed E-state index contributed by atoms with van der Waals surface area (Å²) in [6.45, 7) is 4.20. The summed E-state index contributed by atoms with van der Waals surface area (Å²) in [5.41, 5.74) is 3.74. The van der Waals surface area contributed by atoms with Crippen LogP contribution in [0.2, 0.25) is 0 Å². The number of hydrogen-bond donors (Lipinski definition) is 2. The summed E-state index contributed by atoms with van der Waals surface area (Å²) >= 11 is 0. The standard InChI is InChI=1S/C20H19FN4O/c1-13-7-8-18(14(2)9-13)25-19(26)16-11-23-20(24-12-16)22-10-15-5-3-4-6-17(15)21/h3-9,11-12H,10H2,1-2H3,(H,25,26)(H,22,23,24). The minimum atomic E-state index is -0.288. The van der Waals surface area contributed by atoms with Crippen LogP contribution in [0.3, 0.4) is 0 Å². The van der Waals surface area contributed by atoms with Gasteiger partial charge >= 0.3 is 0 Å². The lowest BCUT2D eigenvalue weighted by Crippen LogP contribution is -2.14. The molecule has 0 atom stereocenters. The number of carbonyl (C=O) groups is 1. The van der Waals surface area contributed by atoms with Gasteiger partial charge < -0.3 is 10.6 Å². The summed E-state index contributed by atoms with van der Waals surface area (Å²) in [7, 11) is 0. The van der Waals surface area contributed by atoms with Crippen molar-refractivity contribution in [3.8, 4) is 0 Å². The zero-order valence-corrected chi connectivity index (χ0v) is 14.6. The topological polar surface area (TPSA) is 66.9 Å². The number of nitrogens with one attached hydrogen (secondary N) is 2. The van der Waals surface area contributed by atoms with Crippen LogP contribution < -0.4 is 10.6 Å². The van der Waals surface area contributed by atoms with Crippen molar-refractivity contribution >= 4 is 17.5 Å². The van der Waals surface area contributed by atoms with E-state index in [0.717, 1.165) is 16.8 Å². The number of halogens is 1. The quantitative estimate of drug-likeness (QED) is 0.727. The van der Waals surface area contributed by atoms with Crippen molar-refractivity contribution in [3.63, 3.8) is 0 Å². The van der Waals surface area contributed by atoms with E-state index in [0.29, 0.717) is 17.1 Å². The molecule has 0 aliphatic rings. The average Bonchev–Trinajstić information content (AvgIpc) is 2.64. The SMILES string of the molecule is Cc1ccc(NC(=O)c2cnc(NCc3ccccc3F)nc2)c(C)c1. The molecule has 26 heavy (non-hydrogen) atoms. The van der Waals surface area contributed by atoms with E-state index in [2.05, 4.69) is 20.6 Å². The molecule has 6 heteroatoms. The number of anilines is 2. The zero-order valence-electron chi connectivity index (χ0n) is 14.6. The van der Waals surface area contributed by atoms with E-state index in [9.17, 15) is 9.18 Å². The minimum Gasteiger partial charge on any atom is -0.350 e. The Hall–Kier alpha value is -3.28. The molecule has 0 saturated carbocycles. The Labute approximate surface area is 151 Å². The Kier molecular flexibility index (Phi) is 5.22. The number of aromatic nitrogens is 2. The van der Waals surface area contributed by atoms with Crippen LogP contribution in [0.15, 0.2) is 54.9 Å². The maximum absolute atomic E-state index is 13.6. The van der Waals surface area contributed by atoms with Gasteiger partial charge in [-0.15, -0.1) is 0 Å². The molecule has 5 nitrogen and oxygen atoms in total. The molecule has 1 amide bonds. The van der Waals surface area contributed by atoms with Crippen LogP contribution in [0.1, 0.15) is 27.0 Å². The summed E-state index contributed by atoms with van der Waals surface area (Å²) in [5, 5.41) is 5.79. The van der Waals surface area contributed by atoms with Gasteiger partial charge in [-0.3, -0.25) is 4.79 Å². The molecule has 3 rings (SSSR count). The van der Waals surface area contributed by atoms with Crippen molar-refractivity contribution in [1.82, 2.24) is 9.97 Å². The van der Waals surface area contributed by atoms with Crippen LogP contribution >= 0.6 is 0 Å². The van der Waals surface area contributed by atoms with E-state index in [-0.39, 0.29) is 18.3 Å². The number of rotatable bonds is 5. The molecular formula is C20H19FN4O. The molecule has 0 bridgehead atoms. The summed E-state index contributed by atoms with van der Waals surface area (Å²) in [6.07, 6.45) is 2.88. The van der Waals surface area contributed by atoms with Gasteiger partial charge in [-0.1, -0.05) is 35.9 Å². The molecule has 0 unspecified atom stereocenters. The number of amides is 1. The minimum absolute atomic E-state index is 0.265. The molecule has 0 aliphatic heterocycles. The second-order valence-electron chi connectivity index (χ2n) is 6.01. The van der Waals surface area contributed by atoms with Gasteiger partial charge in [-0.05, 0) is 31.5 Å². The van der Waals surface area contributed by atoms with Crippen molar-refractivity contribution in [2.24, 2.45) is 0 Å². The van der Waals surface area contributed by atoms with Crippen LogP contribution in [0.25, 0.3) is 0 Å². The highest BCUT2D eigenvalue weighted by atomic mass is 19.1. The van der Waals surface area contributed by atoms with Crippen molar-refractivity contribution in [3.05, 3.63) is 82.9 Å². The smallest absolute Gasteiger partial charge is 0.258 e. The molecule has 132 valence electrons. The first-order chi connectivity index (χ1) is 12.5. The Bertz CT molecular complexity index is 925. The van der Waals surface area contributed by atoms with Gasteiger partial charge in [-0.2, -0.15) is 0 Å². The van der Waals surface area contributed by atoms with Gasteiger partial charge in [0, 0.05) is 30.2 Å². The first kappa shape index (κ1) is 17.5. The molecule has 2 aromatic carbocycles. The van der Waals surface area contributed by atoms with E-state index < -0.39 is 0 Å². The highest BCUT2D eigenvalue weighted by Crippen LogP contribution is 2.17. The summed E-state index contributed by atoms with van der Waals surface area (Å²) in [5.74, 6) is -0.238. The maximum atomic E-state index is 13.6. The summed E-state index contributed by atoms with van der Waals surface area (Å²) in [4.78, 5) is 20.6. The molecule has 0 saturated heterocycles. The molecule has 1 aromatic heterocycles. The monoisotopic (exact) mass is 350 g/mol. The average molecular weight is 350 g/mol. The molecule has 0 spiro atoms. The van der Waals surface area contributed by atoms with Crippen molar-refractivity contribution < 1.29 is 9.18 Å². The van der Waals surface area contributed by atoms with E-state index in [4.69, 9.17) is 0 Å². The third kappa shape index (κ3) is 4.22. The molecule has 1 heterocycles. The fraction of sp³-hybridized carbons (Fsp3) is 0.150. The Morgan fingerprint density at radius 2 is 1.81 bits per heavy atom. The number of nitrogens with zero attached hydrogens (tertiary/aromatic N) is 2. The second kappa shape index (κ2) is 7.74. The van der Waals surface area contributed by atoms with Crippen molar-refractivity contribution in [2.45, 2.75) is 20.4 Å². The van der Waals surface area contributed by atoms with Gasteiger partial charge in [0.2, 0.25) is 5.95 Å². The van der Waals surface area contributed by atoms with Gasteiger partial charge in [0.15, 0.2) is 0 Å². The van der Waals surface area contributed by atoms with Crippen LogP contribution in [0.4, 0.5) is 16.0 Å². The molecular weight excluding hydrogens is 331 g/mol. The van der Waals surface area contributed by atoms with Crippen molar-refractivity contribution in [2.75, 3.05) is 10.6 Å². The van der Waals surface area contributed by atoms with Crippen molar-refractivity contribution in [1.29, 1.82) is 0 Å². The Morgan fingerprint density at radius 1 is 1.08 bits per heavy atom. The normalized spacial score (nSPS) is 10.4. The van der Waals surface area contributed by atoms with Gasteiger partial charge in [0.1, 0.15) is 5.82 Å². The summed E-state index contributed by atoms with van der Waals surface area (Å²) in [6, 6.07) is 12.3. The lowest BCUT2D eigenvalue weighted by atomic mass is 10.1. The third-order valence-corrected chi connectivity index (χ3v) is 3.94. The maximum Gasteiger partial charge on any atom is 0.258 e. The van der Waals surface area contributed by atoms with E-state index >= 15 is 0 Å². The molecule has 0 radical (unpaired) electrons. The number of benzene rings is 2. The number of hydrogen-bond acceptors (Lipinski definition) is 4. The van der Waals surface area contributed by atoms with Crippen LogP contribution in [0.5, 0.6) is 0 Å². The second-order valence-corrected chi connectivity index (χ2v) is 6.01. The predicted octanol–water partition coefficient (Wildman–Crippen LogP) is 4.10. The van der Waals surface area contributed by atoms with Crippen LogP contribution in [0, 0.1) is 19.7 Å². The molecule has 0 fully saturated rings. The highest BCUT2D eigenvalue weighted by molar-refractivity contribution is 6.04. The Morgan fingerprint density at radius 3 is 2.50 bits per heavy atom. The predicted molar refractivity (Wildman–Crippen MR) is 99.6 cm³/mol. The Balaban J connectivity index is 1.63. The van der Waals surface area contributed by atoms with Gasteiger partial charge in [-0.25, -0.2) is 14.4 Å². The zero-order chi connectivity index (χ0) is 18.5. The number of aryl methyl sites for hydroxylation is 2. The first-order valence-corrected chi connectivity index (χ1v) is 8.21. The van der Waals surface area contributed by atoms with E-state index in [1.165, 1.54) is 18.5 Å². The van der Waals surface area contributed by atoms with Crippen LogP contribution in [-0.4, -0.2) is 15.9 Å². The lowest BCUT2D eigenvalue weighted by Gasteiger charge is -2.09. The van der Waals surface area contributed by atoms with Gasteiger partial charge in [0.05, 0.1) is 5.56 Å². The molecule has 3 aromatic rings. The number of carbonyl (C=O) groups excluding carboxylic acids is 1. The first-order valence-electron chi connectivity index (χ1n) is 8.21. The lowest BCUT2D eigenvalue weighted by molar-refractivity contribution is 0.102. The summed E-state index contributed by atoms with van der Waals surface area (Å²) < 4.78 is 13.6. The van der Waals surface area contributed by atoms with E-state index in [1.807, 2.05) is 32.0 Å².